The third-order valence-corrected chi connectivity index (χ3v) is 6.03. The number of ketones is 1. The molecule has 138 valence electrons. The largest absolute Gasteiger partial charge is 0.469 e. The highest BCUT2D eigenvalue weighted by molar-refractivity contribution is 6.22. The van der Waals surface area contributed by atoms with Crippen LogP contribution in [0.5, 0.6) is 0 Å². The fourth-order valence-electron chi connectivity index (χ4n) is 4.34. The molecule has 2 fully saturated rings. The van der Waals surface area contributed by atoms with Gasteiger partial charge in [0.1, 0.15) is 5.78 Å². The highest BCUT2D eigenvalue weighted by Crippen LogP contribution is 2.51. The Morgan fingerprint density at radius 2 is 1.96 bits per heavy atom. The molecule has 6 unspecified atom stereocenters. The lowest BCUT2D eigenvalue weighted by Crippen LogP contribution is -2.35. The van der Waals surface area contributed by atoms with Gasteiger partial charge in [0.25, 0.3) is 0 Å². The Kier molecular flexibility index (Phi) is 7.04. The maximum Gasteiger partial charge on any atom is 0.305 e. The van der Waals surface area contributed by atoms with Gasteiger partial charge in [0.2, 0.25) is 0 Å². The average molecular weight is 363 g/mol. The van der Waals surface area contributed by atoms with Gasteiger partial charge >= 0.3 is 5.97 Å². The number of ether oxygens (including phenoxy) is 3. The van der Waals surface area contributed by atoms with Crippen molar-refractivity contribution in [1.82, 2.24) is 0 Å². The van der Waals surface area contributed by atoms with Crippen LogP contribution in [0.25, 0.3) is 0 Å². The van der Waals surface area contributed by atoms with E-state index in [9.17, 15) is 14.7 Å². The number of hydrogen-bond acceptors (Lipinski definition) is 6. The van der Waals surface area contributed by atoms with Crippen molar-refractivity contribution in [3.63, 3.8) is 0 Å². The molecule has 24 heavy (non-hydrogen) atoms. The number of esters is 1. The smallest absolute Gasteiger partial charge is 0.305 e. The normalized spacial score (nSPS) is 33.8. The van der Waals surface area contributed by atoms with E-state index < -0.39 is 12.4 Å². The molecule has 7 heteroatoms. The molecule has 2 aliphatic carbocycles. The molecular formula is C17H27ClO6. The molecule has 1 N–H and O–H groups in total. The Balaban J connectivity index is 1.97. The minimum atomic E-state index is -0.595. The Labute approximate surface area is 147 Å². The Morgan fingerprint density at radius 3 is 2.54 bits per heavy atom. The zero-order chi connectivity index (χ0) is 17.9. The number of carbonyl (C=O) groups excluding carboxylic acids is 2. The summed E-state index contributed by atoms with van der Waals surface area (Å²) in [5, 5.41) is 10.0. The van der Waals surface area contributed by atoms with E-state index in [4.69, 9.17) is 21.1 Å². The molecule has 0 saturated heterocycles. The topological polar surface area (TPSA) is 82.1 Å². The third kappa shape index (κ3) is 3.93. The summed E-state index contributed by atoms with van der Waals surface area (Å²) in [7, 11) is 4.44. The second-order valence-corrected chi connectivity index (χ2v) is 7.28. The van der Waals surface area contributed by atoms with Crippen molar-refractivity contribution in [2.45, 2.75) is 49.9 Å². The molecule has 0 heterocycles. The van der Waals surface area contributed by atoms with Gasteiger partial charge in [-0.2, -0.15) is 0 Å². The fraction of sp³-hybridized carbons (Fsp3) is 0.882. The molecule has 0 aromatic carbocycles. The van der Waals surface area contributed by atoms with Crippen molar-refractivity contribution in [3.8, 4) is 0 Å². The Bertz CT molecular complexity index is 452. The van der Waals surface area contributed by atoms with Gasteiger partial charge in [0.05, 0.1) is 13.2 Å². The summed E-state index contributed by atoms with van der Waals surface area (Å²) < 4.78 is 15.2. The molecule has 0 amide bonds. The predicted molar refractivity (Wildman–Crippen MR) is 87.5 cm³/mol. The molecule has 2 rings (SSSR count). The van der Waals surface area contributed by atoms with Crippen molar-refractivity contribution >= 4 is 23.4 Å². The first-order chi connectivity index (χ1) is 11.4. The van der Waals surface area contributed by atoms with Gasteiger partial charge in [0.15, 0.2) is 6.29 Å². The number of halogens is 1. The molecule has 2 aliphatic rings. The van der Waals surface area contributed by atoms with Gasteiger partial charge in [-0.1, -0.05) is 0 Å². The van der Waals surface area contributed by atoms with Crippen LogP contribution in [0.15, 0.2) is 0 Å². The van der Waals surface area contributed by atoms with Crippen molar-refractivity contribution in [2.75, 3.05) is 21.3 Å². The molecule has 6 atom stereocenters. The summed E-state index contributed by atoms with van der Waals surface area (Å²) in [6.07, 6.45) is 1.48. The quantitative estimate of drug-likeness (QED) is 0.402. The van der Waals surface area contributed by atoms with Crippen LogP contribution in [0.3, 0.4) is 0 Å². The summed E-state index contributed by atoms with van der Waals surface area (Å²) in [6, 6.07) is 0. The number of alkyl halides is 1. The lowest BCUT2D eigenvalue weighted by molar-refractivity contribution is -0.164. The van der Waals surface area contributed by atoms with Crippen LogP contribution < -0.4 is 0 Å². The van der Waals surface area contributed by atoms with Gasteiger partial charge < -0.3 is 19.3 Å². The summed E-state index contributed by atoms with van der Waals surface area (Å²) in [5.41, 5.74) is 0. The summed E-state index contributed by atoms with van der Waals surface area (Å²) in [6.45, 7) is 0. The van der Waals surface area contributed by atoms with E-state index in [0.29, 0.717) is 32.1 Å². The second-order valence-electron chi connectivity index (χ2n) is 6.72. The summed E-state index contributed by atoms with van der Waals surface area (Å²) >= 11 is 6.45. The molecule has 0 aliphatic heterocycles. The zero-order valence-corrected chi connectivity index (χ0v) is 15.2. The van der Waals surface area contributed by atoms with Crippen LogP contribution in [0.1, 0.15) is 32.1 Å². The van der Waals surface area contributed by atoms with E-state index in [0.717, 1.165) is 0 Å². The summed E-state index contributed by atoms with van der Waals surface area (Å²) in [5.74, 6) is -0.722. The first kappa shape index (κ1) is 19.6. The molecule has 0 aromatic heterocycles. The Morgan fingerprint density at radius 1 is 1.29 bits per heavy atom. The monoisotopic (exact) mass is 362 g/mol. The van der Waals surface area contributed by atoms with E-state index in [1.807, 2.05) is 0 Å². The standard InChI is InChI=1S/C17H27ClO6/c1-22-14(20)6-4-5-12(18)11-7-9-10(16(11)21)8-13(19)15(9)17(23-2)24-3/h9-13,15,17,19H,4-8H2,1-3H3. The number of fused-ring (bicyclic) bond motifs is 1. The van der Waals surface area contributed by atoms with Crippen LogP contribution in [0.2, 0.25) is 0 Å². The maximum absolute atomic E-state index is 12.7. The van der Waals surface area contributed by atoms with Gasteiger partial charge in [-0.25, -0.2) is 0 Å². The molecule has 0 radical (unpaired) electrons. The third-order valence-electron chi connectivity index (χ3n) is 5.51. The van der Waals surface area contributed by atoms with Crippen molar-refractivity contribution in [3.05, 3.63) is 0 Å². The van der Waals surface area contributed by atoms with Crippen LogP contribution in [-0.4, -0.2) is 56.0 Å². The predicted octanol–water partition coefficient (Wildman–Crippen LogP) is 1.76. The minimum Gasteiger partial charge on any atom is -0.469 e. The van der Waals surface area contributed by atoms with Gasteiger partial charge in [0, 0.05) is 43.8 Å². The van der Waals surface area contributed by atoms with Crippen molar-refractivity contribution < 1.29 is 28.9 Å². The lowest BCUT2D eigenvalue weighted by Gasteiger charge is -2.28. The summed E-state index contributed by atoms with van der Waals surface area (Å²) in [4.78, 5) is 23.9. The SMILES string of the molecule is COC(=O)CCCC(Cl)C1CC2C(CC(O)C2C(OC)OC)C1=O. The van der Waals surface area contributed by atoms with Crippen molar-refractivity contribution in [1.29, 1.82) is 0 Å². The first-order valence-electron chi connectivity index (χ1n) is 8.42. The van der Waals surface area contributed by atoms with E-state index in [1.165, 1.54) is 7.11 Å². The molecule has 0 spiro atoms. The average Bonchev–Trinajstić information content (AvgIpc) is 3.05. The highest BCUT2D eigenvalue weighted by Gasteiger charge is 2.56. The molecule has 2 saturated carbocycles. The molecule has 0 aromatic rings. The number of rotatable bonds is 8. The lowest BCUT2D eigenvalue weighted by atomic mass is 9.88. The van der Waals surface area contributed by atoms with Crippen molar-refractivity contribution in [2.24, 2.45) is 23.7 Å². The van der Waals surface area contributed by atoms with Crippen LogP contribution >= 0.6 is 11.6 Å². The first-order valence-corrected chi connectivity index (χ1v) is 8.86. The number of methoxy groups -OCH3 is 3. The van der Waals surface area contributed by atoms with E-state index in [1.54, 1.807) is 14.2 Å². The van der Waals surface area contributed by atoms with Gasteiger partial charge in [-0.05, 0) is 31.6 Å². The van der Waals surface area contributed by atoms with Gasteiger partial charge in [-0.15, -0.1) is 11.6 Å². The molecule has 6 nitrogen and oxygen atoms in total. The molecular weight excluding hydrogens is 336 g/mol. The zero-order valence-electron chi connectivity index (χ0n) is 14.4. The van der Waals surface area contributed by atoms with E-state index >= 15 is 0 Å². The van der Waals surface area contributed by atoms with Crippen LogP contribution in [0, 0.1) is 23.7 Å². The number of aliphatic hydroxyl groups excluding tert-OH is 1. The van der Waals surface area contributed by atoms with E-state index in [2.05, 4.69) is 4.74 Å². The maximum atomic E-state index is 12.7. The highest BCUT2D eigenvalue weighted by atomic mass is 35.5. The Hall–Kier alpha value is -0.690. The number of hydrogen-bond donors (Lipinski definition) is 1. The minimum absolute atomic E-state index is 0.0317. The molecule has 0 bridgehead atoms. The van der Waals surface area contributed by atoms with Crippen LogP contribution in [0.4, 0.5) is 0 Å². The number of aliphatic hydroxyl groups is 1. The fourth-order valence-corrected chi connectivity index (χ4v) is 4.72. The number of Topliss-reactive ketones (excluding diaryl/α,β-unsaturated/α-hetero) is 1. The van der Waals surface area contributed by atoms with E-state index in [-0.39, 0.29) is 40.8 Å². The second kappa shape index (κ2) is 8.61. The number of carbonyl (C=O) groups is 2. The van der Waals surface area contributed by atoms with Gasteiger partial charge in [-0.3, -0.25) is 9.59 Å². The van der Waals surface area contributed by atoms with Crippen LogP contribution in [-0.2, 0) is 23.8 Å².